The molecule has 0 spiro atoms. The predicted molar refractivity (Wildman–Crippen MR) is 92.9 cm³/mol. The first-order valence-electron chi connectivity index (χ1n) is 8.35. The third kappa shape index (κ3) is 3.66. The van der Waals surface area contributed by atoms with E-state index in [0.29, 0.717) is 24.4 Å². The van der Waals surface area contributed by atoms with Crippen LogP contribution in [-0.4, -0.2) is 57.9 Å². The van der Waals surface area contributed by atoms with Gasteiger partial charge in [0.1, 0.15) is 0 Å². The van der Waals surface area contributed by atoms with Gasteiger partial charge >= 0.3 is 0 Å². The highest BCUT2D eigenvalue weighted by Gasteiger charge is 2.29. The minimum Gasteiger partial charge on any atom is -0.213 e. The van der Waals surface area contributed by atoms with Crippen LogP contribution in [0.3, 0.4) is 0 Å². The Labute approximate surface area is 144 Å². The van der Waals surface area contributed by atoms with Gasteiger partial charge in [0.25, 0.3) is 0 Å². The van der Waals surface area contributed by atoms with Crippen molar-refractivity contribution in [2.75, 3.05) is 32.4 Å². The summed E-state index contributed by atoms with van der Waals surface area (Å²) in [6, 6.07) is 5.43. The highest BCUT2D eigenvalue weighted by molar-refractivity contribution is 7.89. The Morgan fingerprint density at radius 1 is 0.792 bits per heavy atom. The minimum absolute atomic E-state index is 0.201. The maximum Gasteiger partial charge on any atom is 0.243 e. The second kappa shape index (κ2) is 6.74. The predicted octanol–water partition coefficient (Wildman–Crippen LogP) is 1.22. The van der Waals surface area contributed by atoms with Crippen molar-refractivity contribution in [1.82, 2.24) is 8.61 Å². The van der Waals surface area contributed by atoms with Crippen LogP contribution in [0.1, 0.15) is 30.4 Å². The third-order valence-corrected chi connectivity index (χ3v) is 8.04. The van der Waals surface area contributed by atoms with Gasteiger partial charge in [-0.05, 0) is 55.4 Å². The SMILES string of the molecule is CS(=O)(=O)N1CCCN(S(=O)(=O)c2ccc3c(c2)CCCC3)CC1. The van der Waals surface area contributed by atoms with Gasteiger partial charge in [-0.15, -0.1) is 0 Å². The van der Waals surface area contributed by atoms with Crippen LogP contribution in [0.15, 0.2) is 23.1 Å². The zero-order valence-corrected chi connectivity index (χ0v) is 15.6. The lowest BCUT2D eigenvalue weighted by molar-refractivity contribution is 0.406. The van der Waals surface area contributed by atoms with Crippen LogP contribution in [0.5, 0.6) is 0 Å². The van der Waals surface area contributed by atoms with E-state index in [1.165, 1.54) is 20.4 Å². The molecule has 1 saturated heterocycles. The van der Waals surface area contributed by atoms with Crippen molar-refractivity contribution in [1.29, 1.82) is 0 Å². The van der Waals surface area contributed by atoms with E-state index in [1.54, 1.807) is 6.07 Å². The van der Waals surface area contributed by atoms with Crippen molar-refractivity contribution >= 4 is 20.0 Å². The molecule has 0 unspecified atom stereocenters. The van der Waals surface area contributed by atoms with Crippen molar-refractivity contribution in [2.45, 2.75) is 37.0 Å². The van der Waals surface area contributed by atoms with Crippen LogP contribution < -0.4 is 0 Å². The van der Waals surface area contributed by atoms with Crippen LogP contribution in [0.25, 0.3) is 0 Å². The lowest BCUT2D eigenvalue weighted by Crippen LogP contribution is -2.37. The summed E-state index contributed by atoms with van der Waals surface area (Å²) in [4.78, 5) is 0.330. The molecule has 1 heterocycles. The van der Waals surface area contributed by atoms with E-state index < -0.39 is 20.0 Å². The Bertz CT molecular complexity index is 818. The van der Waals surface area contributed by atoms with E-state index in [-0.39, 0.29) is 13.1 Å². The van der Waals surface area contributed by atoms with Gasteiger partial charge < -0.3 is 0 Å². The van der Waals surface area contributed by atoms with Gasteiger partial charge in [-0.2, -0.15) is 4.31 Å². The summed E-state index contributed by atoms with van der Waals surface area (Å²) in [6.45, 7) is 1.13. The molecule has 2 aliphatic rings. The molecule has 24 heavy (non-hydrogen) atoms. The Hall–Kier alpha value is -0.960. The first-order chi connectivity index (χ1) is 11.3. The molecule has 3 rings (SSSR count). The van der Waals surface area contributed by atoms with Gasteiger partial charge in [0.2, 0.25) is 20.0 Å². The zero-order chi connectivity index (χ0) is 17.4. The smallest absolute Gasteiger partial charge is 0.213 e. The van der Waals surface area contributed by atoms with Crippen LogP contribution in [0.2, 0.25) is 0 Å². The summed E-state index contributed by atoms with van der Waals surface area (Å²) >= 11 is 0. The van der Waals surface area contributed by atoms with Gasteiger partial charge in [-0.3, -0.25) is 0 Å². The van der Waals surface area contributed by atoms with Gasteiger partial charge in [-0.1, -0.05) is 6.07 Å². The first kappa shape index (κ1) is 17.8. The molecule has 0 N–H and O–H groups in total. The summed E-state index contributed by atoms with van der Waals surface area (Å²) in [5, 5.41) is 0. The van der Waals surface area contributed by atoms with E-state index in [4.69, 9.17) is 0 Å². The highest BCUT2D eigenvalue weighted by Crippen LogP contribution is 2.26. The summed E-state index contributed by atoms with van der Waals surface area (Å²) < 4.78 is 52.0. The van der Waals surface area contributed by atoms with Crippen LogP contribution >= 0.6 is 0 Å². The zero-order valence-electron chi connectivity index (χ0n) is 13.9. The van der Waals surface area contributed by atoms with E-state index in [1.807, 2.05) is 12.1 Å². The Kier molecular flexibility index (Phi) is 5.01. The van der Waals surface area contributed by atoms with Crippen molar-refractivity contribution in [2.24, 2.45) is 0 Å². The van der Waals surface area contributed by atoms with E-state index in [9.17, 15) is 16.8 Å². The number of sulfonamides is 2. The maximum absolute atomic E-state index is 12.9. The van der Waals surface area contributed by atoms with Gasteiger partial charge in [-0.25, -0.2) is 21.1 Å². The average molecular weight is 373 g/mol. The molecule has 1 aliphatic heterocycles. The molecule has 0 radical (unpaired) electrons. The molecule has 0 atom stereocenters. The Morgan fingerprint density at radius 2 is 1.42 bits per heavy atom. The summed E-state index contributed by atoms with van der Waals surface area (Å²) in [5.41, 5.74) is 2.38. The van der Waals surface area contributed by atoms with Crippen molar-refractivity contribution < 1.29 is 16.8 Å². The van der Waals surface area contributed by atoms with Gasteiger partial charge in [0, 0.05) is 26.2 Å². The van der Waals surface area contributed by atoms with Crippen molar-refractivity contribution in [3.8, 4) is 0 Å². The Balaban J connectivity index is 1.83. The standard InChI is InChI=1S/C16H24N2O4S2/c1-23(19,20)17-9-4-10-18(12-11-17)24(21,22)16-8-7-14-5-2-3-6-15(14)13-16/h7-8,13H,2-6,9-12H2,1H3. The lowest BCUT2D eigenvalue weighted by atomic mass is 9.92. The van der Waals surface area contributed by atoms with E-state index in [0.717, 1.165) is 31.2 Å². The fraction of sp³-hybridized carbons (Fsp3) is 0.625. The molecule has 1 aliphatic carbocycles. The molecule has 134 valence electrons. The number of benzene rings is 1. The summed E-state index contributed by atoms with van der Waals surface area (Å²) in [7, 11) is -6.86. The molecular formula is C16H24N2O4S2. The quantitative estimate of drug-likeness (QED) is 0.800. The summed E-state index contributed by atoms with van der Waals surface area (Å²) in [6.07, 6.45) is 5.89. The lowest BCUT2D eigenvalue weighted by Gasteiger charge is -2.22. The number of nitrogens with zero attached hydrogens (tertiary/aromatic N) is 2. The molecule has 6 nitrogen and oxygen atoms in total. The van der Waals surface area contributed by atoms with Crippen molar-refractivity contribution in [3.63, 3.8) is 0 Å². The van der Waals surface area contributed by atoms with Crippen LogP contribution in [-0.2, 0) is 32.9 Å². The number of hydrogen-bond donors (Lipinski definition) is 0. The average Bonchev–Trinajstić information content (AvgIpc) is 2.81. The molecule has 1 fully saturated rings. The topological polar surface area (TPSA) is 74.8 Å². The monoisotopic (exact) mass is 372 g/mol. The third-order valence-electron chi connectivity index (χ3n) is 4.84. The second-order valence-electron chi connectivity index (χ2n) is 6.56. The molecule has 8 heteroatoms. The molecule has 0 amide bonds. The number of aryl methyl sites for hydroxylation is 2. The maximum atomic E-state index is 12.9. The Morgan fingerprint density at radius 3 is 2.12 bits per heavy atom. The highest BCUT2D eigenvalue weighted by atomic mass is 32.2. The second-order valence-corrected chi connectivity index (χ2v) is 10.5. The van der Waals surface area contributed by atoms with Crippen LogP contribution in [0, 0.1) is 0 Å². The fourth-order valence-electron chi connectivity index (χ4n) is 3.46. The largest absolute Gasteiger partial charge is 0.243 e. The van der Waals surface area contributed by atoms with Gasteiger partial charge in [0.15, 0.2) is 0 Å². The first-order valence-corrected chi connectivity index (χ1v) is 11.6. The number of hydrogen-bond acceptors (Lipinski definition) is 4. The number of rotatable bonds is 3. The molecule has 0 bridgehead atoms. The summed E-state index contributed by atoms with van der Waals surface area (Å²) in [5.74, 6) is 0. The van der Waals surface area contributed by atoms with E-state index >= 15 is 0 Å². The van der Waals surface area contributed by atoms with Gasteiger partial charge in [0.05, 0.1) is 11.2 Å². The molecule has 0 aromatic heterocycles. The normalized spacial score (nSPS) is 21.2. The fourth-order valence-corrected chi connectivity index (χ4v) is 5.86. The van der Waals surface area contributed by atoms with Crippen molar-refractivity contribution in [3.05, 3.63) is 29.3 Å². The minimum atomic E-state index is -3.58. The molecule has 0 saturated carbocycles. The van der Waals surface area contributed by atoms with E-state index in [2.05, 4.69) is 0 Å². The van der Waals surface area contributed by atoms with Crippen LogP contribution in [0.4, 0.5) is 0 Å². The molecular weight excluding hydrogens is 348 g/mol. The molecule has 1 aromatic rings. The molecule has 1 aromatic carbocycles. The number of fused-ring (bicyclic) bond motifs is 1.